The molecule has 1 heterocycles. The van der Waals surface area contributed by atoms with Crippen molar-refractivity contribution in [3.63, 3.8) is 0 Å². The number of nitrogens with zero attached hydrogens (tertiary/aromatic N) is 1. The largest absolute Gasteiger partial charge is 0.313 e. The molecule has 0 amide bonds. The number of fused-ring (bicyclic) bond motifs is 1. The molecule has 0 saturated heterocycles. The second kappa shape index (κ2) is 6.47. The van der Waals surface area contributed by atoms with Gasteiger partial charge in [-0.3, -0.25) is 4.98 Å². The minimum atomic E-state index is 0.547. The molecule has 0 saturated carbocycles. The standard InChI is InChI=1S/C15H21N3/c1-12(2)17-10-9-16-11-14-6-3-5-13-7-4-8-18-15(13)14/h3-8,12,16-17H,9-11H2,1-2H3. The number of hydrogen-bond donors (Lipinski definition) is 2. The molecule has 2 aromatic rings. The van der Waals surface area contributed by atoms with Gasteiger partial charge < -0.3 is 10.6 Å². The van der Waals surface area contributed by atoms with Gasteiger partial charge in [-0.15, -0.1) is 0 Å². The van der Waals surface area contributed by atoms with Crippen LogP contribution in [0.15, 0.2) is 36.5 Å². The molecule has 0 aliphatic heterocycles. The van der Waals surface area contributed by atoms with Gasteiger partial charge in [-0.05, 0) is 11.6 Å². The Morgan fingerprint density at radius 3 is 2.78 bits per heavy atom. The van der Waals surface area contributed by atoms with Crippen molar-refractivity contribution >= 4 is 10.9 Å². The van der Waals surface area contributed by atoms with E-state index in [1.807, 2.05) is 12.3 Å². The quantitative estimate of drug-likeness (QED) is 0.765. The van der Waals surface area contributed by atoms with Crippen LogP contribution in [-0.2, 0) is 6.54 Å². The Bertz CT molecular complexity index is 489. The van der Waals surface area contributed by atoms with E-state index in [1.54, 1.807) is 0 Å². The monoisotopic (exact) mass is 243 g/mol. The van der Waals surface area contributed by atoms with Crippen molar-refractivity contribution in [1.82, 2.24) is 15.6 Å². The molecule has 0 radical (unpaired) electrons. The maximum atomic E-state index is 4.45. The first-order chi connectivity index (χ1) is 8.77. The molecule has 18 heavy (non-hydrogen) atoms. The molecule has 0 aliphatic carbocycles. The van der Waals surface area contributed by atoms with E-state index in [9.17, 15) is 0 Å². The van der Waals surface area contributed by atoms with E-state index in [0.717, 1.165) is 25.2 Å². The van der Waals surface area contributed by atoms with Crippen LogP contribution in [0.1, 0.15) is 19.4 Å². The van der Waals surface area contributed by atoms with Gasteiger partial charge in [0.1, 0.15) is 0 Å². The third-order valence-electron chi connectivity index (χ3n) is 2.89. The summed E-state index contributed by atoms with van der Waals surface area (Å²) < 4.78 is 0. The summed E-state index contributed by atoms with van der Waals surface area (Å²) in [5.74, 6) is 0. The Morgan fingerprint density at radius 1 is 1.11 bits per heavy atom. The van der Waals surface area contributed by atoms with E-state index in [1.165, 1.54) is 10.9 Å². The fourth-order valence-electron chi connectivity index (χ4n) is 1.98. The van der Waals surface area contributed by atoms with Crippen LogP contribution in [0.3, 0.4) is 0 Å². The highest BCUT2D eigenvalue weighted by Crippen LogP contribution is 2.15. The van der Waals surface area contributed by atoms with Gasteiger partial charge in [-0.25, -0.2) is 0 Å². The number of aromatic nitrogens is 1. The molecule has 1 aromatic heterocycles. The lowest BCUT2D eigenvalue weighted by molar-refractivity contribution is 0.556. The van der Waals surface area contributed by atoms with Crippen molar-refractivity contribution in [3.8, 4) is 0 Å². The summed E-state index contributed by atoms with van der Waals surface area (Å²) in [7, 11) is 0. The first-order valence-electron chi connectivity index (χ1n) is 6.54. The van der Waals surface area contributed by atoms with Crippen molar-refractivity contribution in [2.75, 3.05) is 13.1 Å². The van der Waals surface area contributed by atoms with Crippen LogP contribution in [0.4, 0.5) is 0 Å². The van der Waals surface area contributed by atoms with Crippen LogP contribution in [0.2, 0.25) is 0 Å². The number of para-hydroxylation sites is 1. The predicted molar refractivity (Wildman–Crippen MR) is 76.6 cm³/mol. The molecule has 2 rings (SSSR count). The van der Waals surface area contributed by atoms with E-state index in [-0.39, 0.29) is 0 Å². The normalized spacial score (nSPS) is 11.3. The van der Waals surface area contributed by atoms with Crippen molar-refractivity contribution in [1.29, 1.82) is 0 Å². The molecule has 3 heteroatoms. The van der Waals surface area contributed by atoms with Crippen LogP contribution < -0.4 is 10.6 Å². The van der Waals surface area contributed by atoms with Crippen molar-refractivity contribution in [2.45, 2.75) is 26.4 Å². The predicted octanol–water partition coefficient (Wildman–Crippen LogP) is 2.32. The zero-order valence-corrected chi connectivity index (χ0v) is 11.1. The molecule has 0 aliphatic rings. The van der Waals surface area contributed by atoms with Crippen LogP contribution in [0.5, 0.6) is 0 Å². The fraction of sp³-hybridized carbons (Fsp3) is 0.400. The van der Waals surface area contributed by atoms with E-state index < -0.39 is 0 Å². The van der Waals surface area contributed by atoms with Crippen LogP contribution in [0, 0.1) is 0 Å². The molecule has 96 valence electrons. The number of hydrogen-bond acceptors (Lipinski definition) is 3. The van der Waals surface area contributed by atoms with Crippen molar-refractivity contribution in [2.24, 2.45) is 0 Å². The first-order valence-corrected chi connectivity index (χ1v) is 6.54. The SMILES string of the molecule is CC(C)NCCNCc1cccc2cccnc12. The van der Waals surface area contributed by atoms with Gasteiger partial charge in [0.15, 0.2) is 0 Å². The Balaban J connectivity index is 1.91. The summed E-state index contributed by atoms with van der Waals surface area (Å²) in [5, 5.41) is 8.04. The van der Waals surface area contributed by atoms with E-state index in [2.05, 4.69) is 53.7 Å². The van der Waals surface area contributed by atoms with E-state index in [0.29, 0.717) is 6.04 Å². The lowest BCUT2D eigenvalue weighted by atomic mass is 10.1. The summed E-state index contributed by atoms with van der Waals surface area (Å²) in [6.45, 7) is 7.16. The maximum Gasteiger partial charge on any atom is 0.0746 e. The van der Waals surface area contributed by atoms with Gasteiger partial charge >= 0.3 is 0 Å². The van der Waals surface area contributed by atoms with Gasteiger partial charge in [0.25, 0.3) is 0 Å². The van der Waals surface area contributed by atoms with Gasteiger partial charge in [0.05, 0.1) is 5.52 Å². The van der Waals surface area contributed by atoms with Gasteiger partial charge in [0.2, 0.25) is 0 Å². The van der Waals surface area contributed by atoms with Crippen LogP contribution >= 0.6 is 0 Å². The first kappa shape index (κ1) is 13.0. The Hall–Kier alpha value is -1.45. The number of rotatable bonds is 6. The third kappa shape index (κ3) is 3.52. The summed E-state index contributed by atoms with van der Waals surface area (Å²) >= 11 is 0. The van der Waals surface area contributed by atoms with Crippen molar-refractivity contribution < 1.29 is 0 Å². The van der Waals surface area contributed by atoms with E-state index >= 15 is 0 Å². The highest BCUT2D eigenvalue weighted by molar-refractivity contribution is 5.81. The molecule has 0 fully saturated rings. The Kier molecular flexibility index (Phi) is 4.67. The number of benzene rings is 1. The highest BCUT2D eigenvalue weighted by atomic mass is 15.0. The molecule has 0 unspecified atom stereocenters. The van der Waals surface area contributed by atoms with Crippen molar-refractivity contribution in [3.05, 3.63) is 42.1 Å². The number of nitrogens with one attached hydrogen (secondary N) is 2. The Labute approximate surface area is 109 Å². The second-order valence-corrected chi connectivity index (χ2v) is 4.78. The molecule has 2 N–H and O–H groups in total. The average molecular weight is 243 g/mol. The summed E-state index contributed by atoms with van der Waals surface area (Å²) in [5.41, 5.74) is 2.36. The molecular weight excluding hydrogens is 222 g/mol. The average Bonchev–Trinajstić information content (AvgIpc) is 2.38. The van der Waals surface area contributed by atoms with Gasteiger partial charge in [-0.1, -0.05) is 38.1 Å². The van der Waals surface area contributed by atoms with Crippen LogP contribution in [0.25, 0.3) is 10.9 Å². The fourth-order valence-corrected chi connectivity index (χ4v) is 1.98. The second-order valence-electron chi connectivity index (χ2n) is 4.78. The zero-order chi connectivity index (χ0) is 12.8. The molecule has 1 aromatic carbocycles. The minimum absolute atomic E-state index is 0.547. The molecular formula is C15H21N3. The molecule has 3 nitrogen and oxygen atoms in total. The molecule has 0 spiro atoms. The van der Waals surface area contributed by atoms with Gasteiger partial charge in [0, 0.05) is 37.3 Å². The topological polar surface area (TPSA) is 37.0 Å². The zero-order valence-electron chi connectivity index (χ0n) is 11.1. The van der Waals surface area contributed by atoms with Crippen LogP contribution in [-0.4, -0.2) is 24.1 Å². The summed E-state index contributed by atoms with van der Waals surface area (Å²) in [6, 6.07) is 11.0. The lowest BCUT2D eigenvalue weighted by Gasteiger charge is -2.10. The summed E-state index contributed by atoms with van der Waals surface area (Å²) in [4.78, 5) is 4.45. The maximum absolute atomic E-state index is 4.45. The van der Waals surface area contributed by atoms with Gasteiger partial charge in [-0.2, -0.15) is 0 Å². The number of pyridine rings is 1. The third-order valence-corrected chi connectivity index (χ3v) is 2.89. The summed E-state index contributed by atoms with van der Waals surface area (Å²) in [6.07, 6.45) is 1.85. The van der Waals surface area contributed by atoms with E-state index in [4.69, 9.17) is 0 Å². The smallest absolute Gasteiger partial charge is 0.0746 e. The Morgan fingerprint density at radius 2 is 1.94 bits per heavy atom. The molecule has 0 bridgehead atoms. The minimum Gasteiger partial charge on any atom is -0.313 e. The lowest BCUT2D eigenvalue weighted by Crippen LogP contribution is -2.31. The highest BCUT2D eigenvalue weighted by Gasteiger charge is 2.00. The molecule has 0 atom stereocenters.